The highest BCUT2D eigenvalue weighted by molar-refractivity contribution is 5.78. The van der Waals surface area contributed by atoms with Crippen molar-refractivity contribution in [1.82, 2.24) is 9.80 Å². The lowest BCUT2D eigenvalue weighted by Gasteiger charge is -2.37. The minimum Gasteiger partial charge on any atom is -0.481 e. The van der Waals surface area contributed by atoms with E-state index in [0.29, 0.717) is 32.2 Å². The van der Waals surface area contributed by atoms with Crippen LogP contribution in [0.4, 0.5) is 0 Å². The molecular weight excluding hydrogens is 260 g/mol. The molecule has 1 N–H and O–H groups in total. The van der Waals surface area contributed by atoms with Crippen molar-refractivity contribution in [1.29, 1.82) is 0 Å². The second-order valence-corrected chi connectivity index (χ2v) is 5.88. The summed E-state index contributed by atoms with van der Waals surface area (Å²) >= 11 is 0. The summed E-state index contributed by atoms with van der Waals surface area (Å²) in [7, 11) is 0. The molecule has 114 valence electrons. The second-order valence-electron chi connectivity index (χ2n) is 5.88. The number of rotatable bonds is 4. The molecule has 2 rings (SSSR count). The van der Waals surface area contributed by atoms with Crippen molar-refractivity contribution in [3.05, 3.63) is 0 Å². The number of carboxylic acid groups (broad SMARTS) is 1. The van der Waals surface area contributed by atoms with Crippen molar-refractivity contribution in [2.24, 2.45) is 5.92 Å². The molecule has 0 spiro atoms. The standard InChI is InChI=1S/C14H24N2O4/c1-11-3-2-4-16(8-11)13(17)9-15-5-6-20-10-12(15)7-14(18)19/h11-12H,2-10H2,1H3,(H,18,19). The third kappa shape index (κ3) is 4.18. The molecule has 2 aliphatic rings. The van der Waals surface area contributed by atoms with Gasteiger partial charge in [0.25, 0.3) is 0 Å². The number of carbonyl (C=O) groups excluding carboxylic acids is 1. The summed E-state index contributed by atoms with van der Waals surface area (Å²) in [4.78, 5) is 27.1. The van der Waals surface area contributed by atoms with Crippen LogP contribution < -0.4 is 0 Å². The first kappa shape index (κ1) is 15.3. The van der Waals surface area contributed by atoms with E-state index in [1.54, 1.807) is 0 Å². The number of morpholine rings is 1. The highest BCUT2D eigenvalue weighted by atomic mass is 16.5. The Bertz CT molecular complexity index is 361. The van der Waals surface area contributed by atoms with E-state index in [2.05, 4.69) is 6.92 Å². The topological polar surface area (TPSA) is 70.1 Å². The van der Waals surface area contributed by atoms with Crippen LogP contribution >= 0.6 is 0 Å². The number of hydrogen-bond acceptors (Lipinski definition) is 4. The van der Waals surface area contributed by atoms with Crippen molar-refractivity contribution in [2.75, 3.05) is 39.4 Å². The molecule has 0 aromatic heterocycles. The highest BCUT2D eigenvalue weighted by Gasteiger charge is 2.29. The maximum atomic E-state index is 12.3. The van der Waals surface area contributed by atoms with Gasteiger partial charge in [-0.1, -0.05) is 6.92 Å². The average molecular weight is 284 g/mol. The van der Waals surface area contributed by atoms with E-state index in [1.165, 1.54) is 6.42 Å². The van der Waals surface area contributed by atoms with Gasteiger partial charge in [-0.15, -0.1) is 0 Å². The molecule has 0 bridgehead atoms. The number of nitrogens with zero attached hydrogens (tertiary/aromatic N) is 2. The first-order chi connectivity index (χ1) is 9.56. The van der Waals surface area contributed by atoms with Gasteiger partial charge >= 0.3 is 5.97 Å². The van der Waals surface area contributed by atoms with Crippen LogP contribution in [0.3, 0.4) is 0 Å². The lowest BCUT2D eigenvalue weighted by molar-refractivity contribution is -0.143. The molecule has 6 heteroatoms. The van der Waals surface area contributed by atoms with Gasteiger partial charge in [0.2, 0.25) is 5.91 Å². The summed E-state index contributed by atoms with van der Waals surface area (Å²) in [5, 5.41) is 8.92. The van der Waals surface area contributed by atoms with Crippen LogP contribution in [0, 0.1) is 5.92 Å². The van der Waals surface area contributed by atoms with E-state index < -0.39 is 5.97 Å². The first-order valence-corrected chi connectivity index (χ1v) is 7.37. The maximum absolute atomic E-state index is 12.3. The number of piperidine rings is 1. The van der Waals surface area contributed by atoms with Crippen LogP contribution in [-0.4, -0.2) is 72.2 Å². The number of likely N-dealkylation sites (tertiary alicyclic amines) is 1. The minimum absolute atomic E-state index is 0.0314. The Morgan fingerprint density at radius 1 is 1.35 bits per heavy atom. The largest absolute Gasteiger partial charge is 0.481 e. The van der Waals surface area contributed by atoms with Gasteiger partial charge in [0, 0.05) is 25.7 Å². The zero-order valence-electron chi connectivity index (χ0n) is 12.1. The highest BCUT2D eigenvalue weighted by Crippen LogP contribution is 2.17. The van der Waals surface area contributed by atoms with E-state index in [1.807, 2.05) is 9.80 Å². The van der Waals surface area contributed by atoms with E-state index in [9.17, 15) is 9.59 Å². The monoisotopic (exact) mass is 284 g/mol. The molecule has 2 heterocycles. The molecule has 2 unspecified atom stereocenters. The van der Waals surface area contributed by atoms with E-state index in [4.69, 9.17) is 9.84 Å². The molecule has 0 aliphatic carbocycles. The fourth-order valence-corrected chi connectivity index (χ4v) is 2.98. The lowest BCUT2D eigenvalue weighted by atomic mass is 10.0. The SMILES string of the molecule is CC1CCCN(C(=O)CN2CCOCC2CC(=O)O)C1. The summed E-state index contributed by atoms with van der Waals surface area (Å²) < 4.78 is 5.33. The molecule has 2 atom stereocenters. The Labute approximate surface area is 119 Å². The van der Waals surface area contributed by atoms with Crippen molar-refractivity contribution >= 4 is 11.9 Å². The smallest absolute Gasteiger partial charge is 0.305 e. The minimum atomic E-state index is -0.843. The van der Waals surface area contributed by atoms with Crippen LogP contribution in [-0.2, 0) is 14.3 Å². The van der Waals surface area contributed by atoms with Crippen molar-refractivity contribution < 1.29 is 19.4 Å². The zero-order valence-corrected chi connectivity index (χ0v) is 12.1. The third-order valence-corrected chi connectivity index (χ3v) is 4.11. The van der Waals surface area contributed by atoms with Crippen molar-refractivity contribution in [3.8, 4) is 0 Å². The fraction of sp³-hybridized carbons (Fsp3) is 0.857. The van der Waals surface area contributed by atoms with E-state index >= 15 is 0 Å². The predicted molar refractivity (Wildman–Crippen MR) is 73.4 cm³/mol. The Morgan fingerprint density at radius 2 is 2.15 bits per heavy atom. The van der Waals surface area contributed by atoms with Crippen LogP contribution in [0.25, 0.3) is 0 Å². The normalized spacial score (nSPS) is 28.4. The van der Waals surface area contributed by atoms with Gasteiger partial charge in [-0.3, -0.25) is 14.5 Å². The summed E-state index contributed by atoms with van der Waals surface area (Å²) in [6, 6.07) is -0.188. The number of amides is 1. The quantitative estimate of drug-likeness (QED) is 0.810. The molecule has 6 nitrogen and oxygen atoms in total. The van der Waals surface area contributed by atoms with Gasteiger partial charge in [-0.25, -0.2) is 0 Å². The molecule has 0 aromatic carbocycles. The molecule has 0 radical (unpaired) electrons. The van der Waals surface area contributed by atoms with Gasteiger partial charge in [-0.2, -0.15) is 0 Å². The van der Waals surface area contributed by atoms with Crippen molar-refractivity contribution in [2.45, 2.75) is 32.2 Å². The number of carbonyl (C=O) groups is 2. The summed E-state index contributed by atoms with van der Waals surface area (Å²) in [5.41, 5.74) is 0. The molecule has 2 aliphatic heterocycles. The Hall–Kier alpha value is -1.14. The molecule has 0 aromatic rings. The number of carboxylic acids is 1. The summed E-state index contributed by atoms with van der Waals surface area (Å²) in [6.45, 7) is 5.74. The van der Waals surface area contributed by atoms with E-state index in [-0.39, 0.29) is 18.4 Å². The molecule has 0 saturated carbocycles. The lowest BCUT2D eigenvalue weighted by Crippen LogP contribution is -2.52. The second kappa shape index (κ2) is 7.04. The van der Waals surface area contributed by atoms with Crippen molar-refractivity contribution in [3.63, 3.8) is 0 Å². The Morgan fingerprint density at radius 3 is 2.85 bits per heavy atom. The van der Waals surface area contributed by atoms with Gasteiger partial charge in [-0.05, 0) is 18.8 Å². The molecule has 20 heavy (non-hydrogen) atoms. The molecule has 2 fully saturated rings. The zero-order chi connectivity index (χ0) is 14.5. The van der Waals surface area contributed by atoms with Gasteiger partial charge in [0.1, 0.15) is 0 Å². The number of aliphatic carboxylic acids is 1. The maximum Gasteiger partial charge on any atom is 0.305 e. The molecule has 2 saturated heterocycles. The summed E-state index contributed by atoms with van der Waals surface area (Å²) in [6.07, 6.45) is 2.28. The number of hydrogen-bond donors (Lipinski definition) is 1. The first-order valence-electron chi connectivity index (χ1n) is 7.37. The van der Waals surface area contributed by atoms with Gasteiger partial charge in [0.05, 0.1) is 26.2 Å². The van der Waals surface area contributed by atoms with Gasteiger partial charge in [0.15, 0.2) is 0 Å². The van der Waals surface area contributed by atoms with Crippen LogP contribution in [0.15, 0.2) is 0 Å². The van der Waals surface area contributed by atoms with Crippen LogP contribution in [0.2, 0.25) is 0 Å². The Kier molecular flexibility index (Phi) is 5.37. The van der Waals surface area contributed by atoms with Crippen LogP contribution in [0.1, 0.15) is 26.2 Å². The average Bonchev–Trinajstić information content (AvgIpc) is 2.40. The fourth-order valence-electron chi connectivity index (χ4n) is 2.98. The molecule has 1 amide bonds. The molecular formula is C14H24N2O4. The predicted octanol–water partition coefficient (Wildman–Crippen LogP) is 0.420. The third-order valence-electron chi connectivity index (χ3n) is 4.11. The van der Waals surface area contributed by atoms with E-state index in [0.717, 1.165) is 19.5 Å². The van der Waals surface area contributed by atoms with Gasteiger partial charge < -0.3 is 14.7 Å². The van der Waals surface area contributed by atoms with Crippen LogP contribution in [0.5, 0.6) is 0 Å². The Balaban J connectivity index is 1.88. The summed E-state index contributed by atoms with van der Waals surface area (Å²) in [5.74, 6) is -0.161. The number of ether oxygens (including phenoxy) is 1.